The van der Waals surface area contributed by atoms with E-state index in [1.165, 1.54) is 7.14 Å². The summed E-state index contributed by atoms with van der Waals surface area (Å²) >= 11 is 0.0287. The van der Waals surface area contributed by atoms with Crippen molar-refractivity contribution in [2.75, 3.05) is 7.11 Å². The van der Waals surface area contributed by atoms with Crippen LogP contribution in [0.15, 0.2) is 60.7 Å². The van der Waals surface area contributed by atoms with Crippen LogP contribution in [-0.4, -0.2) is 20.1 Å². The fourth-order valence-corrected chi connectivity index (χ4v) is 3.35. The van der Waals surface area contributed by atoms with E-state index in [-0.39, 0.29) is 21.2 Å². The minimum atomic E-state index is -4.41. The molecule has 0 N–H and O–H groups in total. The third-order valence-electron chi connectivity index (χ3n) is 1.89. The molecule has 0 heterocycles. The Morgan fingerprint density at radius 3 is 1.47 bits per heavy atom. The van der Waals surface area contributed by atoms with Crippen LogP contribution in [0.25, 0.3) is 0 Å². The molecule has 0 amide bonds. The third-order valence-corrected chi connectivity index (χ3v) is 4.98. The zero-order valence-corrected chi connectivity index (χ0v) is 13.2. The summed E-state index contributed by atoms with van der Waals surface area (Å²) in [5.41, 5.74) is 0. The molecule has 0 atom stereocenters. The second-order valence-electron chi connectivity index (χ2n) is 3.26. The Morgan fingerprint density at radius 1 is 0.895 bits per heavy atom. The van der Waals surface area contributed by atoms with Gasteiger partial charge >= 0.3 is 21.2 Å². The maximum Gasteiger partial charge on any atom is 0.357 e. The number of rotatable bonds is 3. The molecule has 0 saturated heterocycles. The van der Waals surface area contributed by atoms with Crippen LogP contribution < -0.4 is 21.2 Å². The largest absolute Gasteiger partial charge is 0.726 e. The van der Waals surface area contributed by atoms with Crippen LogP contribution >= 0.6 is 0 Å². The maximum absolute atomic E-state index is 9.22. The first-order chi connectivity index (χ1) is 9.01. The van der Waals surface area contributed by atoms with Gasteiger partial charge in [0.1, 0.15) is 0 Å². The number of hydrogen-bond acceptors (Lipinski definition) is 4. The first-order valence-electron chi connectivity index (χ1n) is 5.27. The molecule has 0 bridgehead atoms. The highest BCUT2D eigenvalue weighted by Crippen LogP contribution is 1.85. The molecule has 0 aliphatic heterocycles. The van der Waals surface area contributed by atoms with E-state index in [9.17, 15) is 13.0 Å². The average molecular weight is 392 g/mol. The van der Waals surface area contributed by atoms with Gasteiger partial charge in [0.05, 0.1) is 7.11 Å². The van der Waals surface area contributed by atoms with Crippen molar-refractivity contribution in [1.82, 2.24) is 0 Å². The van der Waals surface area contributed by atoms with Crippen LogP contribution in [0, 0.1) is 7.14 Å². The van der Waals surface area contributed by atoms with E-state index < -0.39 is 10.4 Å². The molecule has 6 heteroatoms. The summed E-state index contributed by atoms with van der Waals surface area (Å²) in [5, 5.41) is 0. The summed E-state index contributed by atoms with van der Waals surface area (Å²) in [6.07, 6.45) is 0. The summed E-state index contributed by atoms with van der Waals surface area (Å²) in [4.78, 5) is 0. The summed E-state index contributed by atoms with van der Waals surface area (Å²) in [6, 6.07) is 21.4. The van der Waals surface area contributed by atoms with Crippen molar-refractivity contribution >= 4 is 10.4 Å². The zero-order valence-electron chi connectivity index (χ0n) is 10.2. The Morgan fingerprint density at radius 2 is 1.21 bits per heavy atom. The van der Waals surface area contributed by atoms with Crippen LogP contribution in [0.2, 0.25) is 0 Å². The maximum atomic E-state index is 9.22. The number of benzene rings is 2. The van der Waals surface area contributed by atoms with Crippen LogP contribution in [-0.2, 0) is 14.6 Å². The molecule has 0 saturated carbocycles. The predicted molar refractivity (Wildman–Crippen MR) is 67.0 cm³/mol. The monoisotopic (exact) mass is 392 g/mol. The normalized spacial score (nSPS) is 10.4. The average Bonchev–Trinajstić information content (AvgIpc) is 2.41. The lowest BCUT2D eigenvalue weighted by Crippen LogP contribution is -3.61. The number of halogens is 1. The highest BCUT2D eigenvalue weighted by atomic mass is 127. The van der Waals surface area contributed by atoms with Crippen molar-refractivity contribution in [1.29, 1.82) is 0 Å². The van der Waals surface area contributed by atoms with Crippen LogP contribution in [0.4, 0.5) is 0 Å². The molecule has 2 rings (SSSR count). The second kappa shape index (κ2) is 8.26. The van der Waals surface area contributed by atoms with E-state index in [4.69, 9.17) is 0 Å². The fourth-order valence-electron chi connectivity index (χ4n) is 1.08. The first kappa shape index (κ1) is 16.1. The minimum Gasteiger partial charge on any atom is -0.726 e. The van der Waals surface area contributed by atoms with Gasteiger partial charge < -0.3 is 4.55 Å². The van der Waals surface area contributed by atoms with Gasteiger partial charge in [0.2, 0.25) is 10.4 Å². The topological polar surface area (TPSA) is 66.4 Å². The number of hydrogen-bond donors (Lipinski definition) is 0. The predicted octanol–water partition coefficient (Wildman–Crippen LogP) is -1.09. The molecule has 0 aliphatic rings. The van der Waals surface area contributed by atoms with Gasteiger partial charge in [0.15, 0.2) is 7.14 Å². The molecule has 4 nitrogen and oxygen atoms in total. The van der Waals surface area contributed by atoms with Crippen LogP contribution in [0.5, 0.6) is 0 Å². The first-order valence-corrected chi connectivity index (χ1v) is 8.77. The van der Waals surface area contributed by atoms with Gasteiger partial charge in [-0.05, 0) is 24.3 Å². The summed E-state index contributed by atoms with van der Waals surface area (Å²) in [5.74, 6) is 0. The molecule has 2 aromatic carbocycles. The molecule has 0 aliphatic carbocycles. The zero-order chi connectivity index (χ0) is 14.1. The lowest BCUT2D eigenvalue weighted by molar-refractivity contribution is -0.597. The summed E-state index contributed by atoms with van der Waals surface area (Å²) < 4.78 is 34.0. The van der Waals surface area contributed by atoms with E-state index in [0.29, 0.717) is 0 Å². The fraction of sp³-hybridized carbons (Fsp3) is 0.0769. The van der Waals surface area contributed by atoms with E-state index in [1.807, 2.05) is 0 Å². The van der Waals surface area contributed by atoms with Gasteiger partial charge in [-0.25, -0.2) is 8.42 Å². The van der Waals surface area contributed by atoms with E-state index >= 15 is 0 Å². The molecular formula is C13H13IO4S. The van der Waals surface area contributed by atoms with Gasteiger partial charge in [0.25, 0.3) is 0 Å². The smallest absolute Gasteiger partial charge is 0.357 e. The second-order valence-corrected chi connectivity index (χ2v) is 7.44. The Hall–Kier alpha value is -0.960. The standard InChI is InChI=1S/C12H10I.CH4O4S/c1-3-7-11(8-4-1)13-12-9-5-2-6-10-12;1-5-6(2,3)4/h1-10H;1H3,(H,2,3,4)/q+1;/p-1. The van der Waals surface area contributed by atoms with E-state index in [0.717, 1.165) is 7.11 Å². The SMILES string of the molecule is COS(=O)(=O)[O-].c1ccc([I+]c2ccccc2)cc1. The molecule has 2 aromatic rings. The van der Waals surface area contributed by atoms with Crippen molar-refractivity contribution in [3.05, 3.63) is 67.8 Å². The molecule has 0 fully saturated rings. The van der Waals surface area contributed by atoms with E-state index in [1.54, 1.807) is 0 Å². The highest BCUT2D eigenvalue weighted by Gasteiger charge is 2.12. The minimum absolute atomic E-state index is 0.0287. The summed E-state index contributed by atoms with van der Waals surface area (Å²) in [6.45, 7) is 0. The van der Waals surface area contributed by atoms with Crippen molar-refractivity contribution in [2.24, 2.45) is 0 Å². The molecular weight excluding hydrogens is 379 g/mol. The van der Waals surface area contributed by atoms with Gasteiger partial charge in [-0.3, -0.25) is 4.18 Å². The Kier molecular flexibility index (Phi) is 7.00. The molecule has 0 aromatic heterocycles. The Balaban J connectivity index is 0.000000258. The van der Waals surface area contributed by atoms with Crippen molar-refractivity contribution in [3.63, 3.8) is 0 Å². The van der Waals surface area contributed by atoms with Gasteiger partial charge in [-0.15, -0.1) is 0 Å². The molecule has 0 unspecified atom stereocenters. The van der Waals surface area contributed by atoms with Gasteiger partial charge in [0, 0.05) is 0 Å². The molecule has 0 spiro atoms. The van der Waals surface area contributed by atoms with Crippen LogP contribution in [0.1, 0.15) is 0 Å². The van der Waals surface area contributed by atoms with Gasteiger partial charge in [-0.2, -0.15) is 0 Å². The van der Waals surface area contributed by atoms with Crippen molar-refractivity contribution in [3.8, 4) is 0 Å². The summed E-state index contributed by atoms with van der Waals surface area (Å²) in [7, 11) is -3.60. The van der Waals surface area contributed by atoms with E-state index in [2.05, 4.69) is 64.8 Å². The molecule has 0 radical (unpaired) electrons. The third kappa shape index (κ3) is 7.93. The van der Waals surface area contributed by atoms with Crippen molar-refractivity contribution < 1.29 is 38.4 Å². The highest BCUT2D eigenvalue weighted by molar-refractivity contribution is 7.80. The molecule has 102 valence electrons. The quantitative estimate of drug-likeness (QED) is 0.378. The Bertz CT molecular complexity index is 533. The van der Waals surface area contributed by atoms with Gasteiger partial charge in [-0.1, -0.05) is 36.4 Å². The lowest BCUT2D eigenvalue weighted by atomic mass is 10.4. The Labute approximate surface area is 123 Å². The lowest BCUT2D eigenvalue weighted by Gasteiger charge is -1.98. The van der Waals surface area contributed by atoms with Crippen LogP contribution in [0.3, 0.4) is 0 Å². The van der Waals surface area contributed by atoms with Crippen molar-refractivity contribution in [2.45, 2.75) is 0 Å². The molecule has 19 heavy (non-hydrogen) atoms.